The van der Waals surface area contributed by atoms with Crippen LogP contribution in [0.2, 0.25) is 0 Å². The third-order valence-corrected chi connectivity index (χ3v) is 4.74. The first-order valence-electron chi connectivity index (χ1n) is 8.78. The highest BCUT2D eigenvalue weighted by Gasteiger charge is 2.24. The average Bonchev–Trinajstić information content (AvgIpc) is 2.61. The van der Waals surface area contributed by atoms with E-state index in [4.69, 9.17) is 0 Å². The molecule has 1 aromatic rings. The van der Waals surface area contributed by atoms with Crippen LogP contribution in [0.5, 0.6) is 0 Å². The summed E-state index contributed by atoms with van der Waals surface area (Å²) in [6.07, 6.45) is 3.90. The Balaban J connectivity index is 1.80. The van der Waals surface area contributed by atoms with Gasteiger partial charge in [0.2, 0.25) is 5.91 Å². The predicted molar refractivity (Wildman–Crippen MR) is 89.9 cm³/mol. The summed E-state index contributed by atoms with van der Waals surface area (Å²) in [6, 6.07) is 3.91. The van der Waals surface area contributed by atoms with Crippen molar-refractivity contribution in [3.63, 3.8) is 0 Å². The molecule has 1 fully saturated rings. The van der Waals surface area contributed by atoms with Crippen LogP contribution in [0.4, 0.5) is 8.78 Å². The molecular weight excluding hydrogens is 328 g/mol. The number of nitrogens with zero attached hydrogens (tertiary/aromatic N) is 1. The van der Waals surface area contributed by atoms with E-state index in [1.54, 1.807) is 0 Å². The Morgan fingerprint density at radius 2 is 1.96 bits per heavy atom. The number of halogens is 2. The summed E-state index contributed by atoms with van der Waals surface area (Å²) in [5, 5.41) is 0. The van der Waals surface area contributed by atoms with E-state index in [2.05, 4.69) is 4.74 Å². The molecular formula is C19H25F2NO3. The molecule has 1 aliphatic heterocycles. The van der Waals surface area contributed by atoms with Gasteiger partial charge >= 0.3 is 5.97 Å². The Morgan fingerprint density at radius 1 is 1.24 bits per heavy atom. The molecule has 0 N–H and O–H groups in total. The molecule has 1 aliphatic rings. The zero-order valence-electron chi connectivity index (χ0n) is 14.6. The maximum Gasteiger partial charge on any atom is 0.305 e. The second kappa shape index (κ2) is 9.49. The standard InChI is InChI=1S/C19H25F2NO3/c1-25-19(24)9-3-8-18(23)22-12-4-5-14(13-22)10-11-15-16(20)6-2-7-17(15)21/h2,6-7,14H,3-5,8-13H2,1H3/t14-/m0/s1. The molecule has 2 rings (SSSR count). The second-order valence-corrected chi connectivity index (χ2v) is 6.52. The molecule has 138 valence electrons. The van der Waals surface area contributed by atoms with Gasteiger partial charge in [-0.3, -0.25) is 9.59 Å². The first-order valence-corrected chi connectivity index (χ1v) is 8.78. The summed E-state index contributed by atoms with van der Waals surface area (Å²) in [5.74, 6) is -1.04. The SMILES string of the molecule is COC(=O)CCCC(=O)N1CCC[C@@H](CCc2c(F)cccc2F)C1. The monoisotopic (exact) mass is 353 g/mol. The van der Waals surface area contributed by atoms with E-state index in [0.717, 1.165) is 12.8 Å². The Hall–Kier alpha value is -1.98. The minimum absolute atomic E-state index is 0.0330. The largest absolute Gasteiger partial charge is 0.469 e. The van der Waals surface area contributed by atoms with Crippen molar-refractivity contribution in [2.75, 3.05) is 20.2 Å². The van der Waals surface area contributed by atoms with E-state index in [9.17, 15) is 18.4 Å². The molecule has 0 radical (unpaired) electrons. The van der Waals surface area contributed by atoms with E-state index in [0.29, 0.717) is 38.8 Å². The molecule has 0 aromatic heterocycles. The molecule has 0 bridgehead atoms. The summed E-state index contributed by atoms with van der Waals surface area (Å²) in [4.78, 5) is 25.1. The van der Waals surface area contributed by atoms with Gasteiger partial charge in [-0.15, -0.1) is 0 Å². The summed E-state index contributed by atoms with van der Waals surface area (Å²) in [6.45, 7) is 1.33. The molecule has 4 nitrogen and oxygen atoms in total. The highest BCUT2D eigenvalue weighted by molar-refractivity contribution is 5.77. The predicted octanol–water partition coefficient (Wildman–Crippen LogP) is 3.48. The lowest BCUT2D eigenvalue weighted by Gasteiger charge is -2.33. The number of rotatable bonds is 7. The van der Waals surface area contributed by atoms with Crippen LogP contribution in [-0.2, 0) is 20.7 Å². The van der Waals surface area contributed by atoms with Crippen LogP contribution in [0.3, 0.4) is 0 Å². The average molecular weight is 353 g/mol. The molecule has 1 heterocycles. The van der Waals surface area contributed by atoms with Gasteiger partial charge in [0, 0.05) is 31.5 Å². The number of carbonyl (C=O) groups excluding carboxylic acids is 2. The summed E-state index contributed by atoms with van der Waals surface area (Å²) in [5.41, 5.74) is 0.129. The van der Waals surface area contributed by atoms with E-state index < -0.39 is 11.6 Å². The van der Waals surface area contributed by atoms with Crippen LogP contribution in [0.1, 0.15) is 44.1 Å². The fourth-order valence-corrected chi connectivity index (χ4v) is 3.29. The van der Waals surface area contributed by atoms with Gasteiger partial charge in [0.1, 0.15) is 11.6 Å². The highest BCUT2D eigenvalue weighted by Crippen LogP contribution is 2.24. The van der Waals surface area contributed by atoms with Gasteiger partial charge in [-0.1, -0.05) is 6.07 Å². The van der Waals surface area contributed by atoms with Crippen LogP contribution in [0.25, 0.3) is 0 Å². The van der Waals surface area contributed by atoms with Crippen molar-refractivity contribution >= 4 is 11.9 Å². The van der Waals surface area contributed by atoms with Gasteiger partial charge in [-0.05, 0) is 50.2 Å². The van der Waals surface area contributed by atoms with Crippen molar-refractivity contribution in [2.24, 2.45) is 5.92 Å². The fraction of sp³-hybridized carbons (Fsp3) is 0.579. The quantitative estimate of drug-likeness (QED) is 0.705. The van der Waals surface area contributed by atoms with E-state index >= 15 is 0 Å². The number of ether oxygens (including phenoxy) is 1. The van der Waals surface area contributed by atoms with Gasteiger partial charge in [0.15, 0.2) is 0 Å². The van der Waals surface area contributed by atoms with Gasteiger partial charge in [0.25, 0.3) is 0 Å². The van der Waals surface area contributed by atoms with Crippen molar-refractivity contribution < 1.29 is 23.1 Å². The number of esters is 1. The van der Waals surface area contributed by atoms with E-state index in [-0.39, 0.29) is 29.8 Å². The number of hydrogen-bond acceptors (Lipinski definition) is 3. The first-order chi connectivity index (χ1) is 12.0. The summed E-state index contributed by atoms with van der Waals surface area (Å²) < 4.78 is 32.0. The second-order valence-electron chi connectivity index (χ2n) is 6.52. The summed E-state index contributed by atoms with van der Waals surface area (Å²) >= 11 is 0. The molecule has 0 saturated carbocycles. The zero-order valence-corrected chi connectivity index (χ0v) is 14.6. The number of likely N-dealkylation sites (tertiary alicyclic amines) is 1. The van der Waals surface area contributed by atoms with Crippen LogP contribution in [0.15, 0.2) is 18.2 Å². The zero-order chi connectivity index (χ0) is 18.2. The number of hydrogen-bond donors (Lipinski definition) is 0. The lowest BCUT2D eigenvalue weighted by atomic mass is 9.91. The number of piperidine rings is 1. The lowest BCUT2D eigenvalue weighted by Crippen LogP contribution is -2.40. The molecule has 6 heteroatoms. The lowest BCUT2D eigenvalue weighted by molar-refractivity contribution is -0.141. The molecule has 1 amide bonds. The maximum absolute atomic E-state index is 13.7. The van der Waals surface area contributed by atoms with Gasteiger partial charge < -0.3 is 9.64 Å². The van der Waals surface area contributed by atoms with Gasteiger partial charge in [0.05, 0.1) is 7.11 Å². The third kappa shape index (κ3) is 5.80. The van der Waals surface area contributed by atoms with Crippen LogP contribution in [-0.4, -0.2) is 37.0 Å². The highest BCUT2D eigenvalue weighted by atomic mass is 19.1. The van der Waals surface area contributed by atoms with Crippen LogP contribution in [0, 0.1) is 17.6 Å². The van der Waals surface area contributed by atoms with Crippen LogP contribution < -0.4 is 0 Å². The molecule has 25 heavy (non-hydrogen) atoms. The maximum atomic E-state index is 13.7. The number of benzene rings is 1. The molecule has 0 unspecified atom stereocenters. The molecule has 1 atom stereocenters. The number of carbonyl (C=O) groups is 2. The topological polar surface area (TPSA) is 46.6 Å². The fourth-order valence-electron chi connectivity index (χ4n) is 3.29. The smallest absolute Gasteiger partial charge is 0.305 e. The van der Waals surface area contributed by atoms with Gasteiger partial charge in [-0.2, -0.15) is 0 Å². The minimum atomic E-state index is -0.508. The Bertz CT molecular complexity index is 586. The van der Waals surface area contributed by atoms with Crippen molar-refractivity contribution in [2.45, 2.75) is 44.9 Å². The van der Waals surface area contributed by atoms with Gasteiger partial charge in [-0.25, -0.2) is 8.78 Å². The Labute approximate surface area is 147 Å². The van der Waals surface area contributed by atoms with Crippen molar-refractivity contribution in [3.05, 3.63) is 35.4 Å². The van der Waals surface area contributed by atoms with Crippen molar-refractivity contribution in [1.29, 1.82) is 0 Å². The number of methoxy groups -OCH3 is 1. The van der Waals surface area contributed by atoms with Crippen molar-refractivity contribution in [1.82, 2.24) is 4.90 Å². The molecule has 1 aromatic carbocycles. The normalized spacial score (nSPS) is 17.4. The van der Waals surface area contributed by atoms with Crippen molar-refractivity contribution in [3.8, 4) is 0 Å². The molecule has 0 spiro atoms. The van der Waals surface area contributed by atoms with E-state index in [1.165, 1.54) is 25.3 Å². The first kappa shape index (κ1) is 19.3. The molecule has 1 saturated heterocycles. The molecule has 0 aliphatic carbocycles. The Kier molecular flexibility index (Phi) is 7.34. The summed E-state index contributed by atoms with van der Waals surface area (Å²) in [7, 11) is 1.33. The van der Waals surface area contributed by atoms with Crippen LogP contribution >= 0.6 is 0 Å². The Morgan fingerprint density at radius 3 is 2.64 bits per heavy atom. The minimum Gasteiger partial charge on any atom is -0.469 e. The van der Waals surface area contributed by atoms with E-state index in [1.807, 2.05) is 4.90 Å². The third-order valence-electron chi connectivity index (χ3n) is 4.74. The number of amides is 1.